The molecule has 14 heavy (non-hydrogen) atoms. The number of halogens is 2. The van der Waals surface area contributed by atoms with E-state index in [1.807, 2.05) is 13.0 Å². The van der Waals surface area contributed by atoms with Gasteiger partial charge in [0.25, 0.3) is 0 Å². The lowest BCUT2D eigenvalue weighted by Crippen LogP contribution is -2.63. The molecule has 1 aliphatic heterocycles. The van der Waals surface area contributed by atoms with Crippen LogP contribution >= 0.6 is 12.4 Å². The van der Waals surface area contributed by atoms with Crippen LogP contribution in [0.4, 0.5) is 4.39 Å². The molecule has 0 atom stereocenters. The van der Waals surface area contributed by atoms with Crippen molar-refractivity contribution in [2.24, 2.45) is 5.73 Å². The minimum atomic E-state index is -0.490. The molecule has 0 aromatic heterocycles. The van der Waals surface area contributed by atoms with Crippen molar-refractivity contribution in [1.82, 2.24) is 5.32 Å². The third-order valence-electron chi connectivity index (χ3n) is 2.54. The first-order chi connectivity index (χ1) is 6.12. The van der Waals surface area contributed by atoms with Crippen molar-refractivity contribution < 1.29 is 4.39 Å². The molecule has 1 saturated heterocycles. The minimum Gasteiger partial charge on any atom is -0.319 e. The quantitative estimate of drug-likeness (QED) is 0.743. The molecular formula is C10H14ClFN2. The van der Waals surface area contributed by atoms with Gasteiger partial charge in [0.05, 0.1) is 5.54 Å². The van der Waals surface area contributed by atoms with Crippen molar-refractivity contribution in [2.45, 2.75) is 12.5 Å². The fraction of sp³-hybridized carbons (Fsp3) is 0.400. The smallest absolute Gasteiger partial charge is 0.128 e. The van der Waals surface area contributed by atoms with Crippen LogP contribution in [-0.4, -0.2) is 13.1 Å². The van der Waals surface area contributed by atoms with Crippen molar-refractivity contribution in [3.63, 3.8) is 0 Å². The van der Waals surface area contributed by atoms with Crippen LogP contribution in [0.5, 0.6) is 0 Å². The van der Waals surface area contributed by atoms with E-state index in [4.69, 9.17) is 5.73 Å². The molecule has 2 rings (SSSR count). The van der Waals surface area contributed by atoms with Crippen molar-refractivity contribution in [3.05, 3.63) is 35.1 Å². The Balaban J connectivity index is 0.000000980. The summed E-state index contributed by atoms with van der Waals surface area (Å²) < 4.78 is 13.4. The van der Waals surface area contributed by atoms with E-state index in [1.165, 1.54) is 6.07 Å². The number of nitrogens with one attached hydrogen (secondary N) is 1. The summed E-state index contributed by atoms with van der Waals surface area (Å²) in [4.78, 5) is 0. The second kappa shape index (κ2) is 3.85. The van der Waals surface area contributed by atoms with Crippen LogP contribution < -0.4 is 11.1 Å². The SMILES string of the molecule is Cc1ccc(F)c(C2(N)CNC2)c1.Cl. The van der Waals surface area contributed by atoms with Gasteiger partial charge in [-0.05, 0) is 13.0 Å². The van der Waals surface area contributed by atoms with Gasteiger partial charge in [0, 0.05) is 18.7 Å². The number of nitrogens with two attached hydrogens (primary N) is 1. The number of hydrogen-bond donors (Lipinski definition) is 2. The fourth-order valence-electron chi connectivity index (χ4n) is 1.61. The van der Waals surface area contributed by atoms with Crippen molar-refractivity contribution in [1.29, 1.82) is 0 Å². The third-order valence-corrected chi connectivity index (χ3v) is 2.54. The van der Waals surface area contributed by atoms with Gasteiger partial charge in [-0.25, -0.2) is 4.39 Å². The van der Waals surface area contributed by atoms with Gasteiger partial charge in [0.2, 0.25) is 0 Å². The zero-order valence-corrected chi connectivity index (χ0v) is 8.83. The summed E-state index contributed by atoms with van der Waals surface area (Å²) in [7, 11) is 0. The van der Waals surface area contributed by atoms with Crippen molar-refractivity contribution in [2.75, 3.05) is 13.1 Å². The van der Waals surface area contributed by atoms with Gasteiger partial charge in [-0.1, -0.05) is 17.7 Å². The van der Waals surface area contributed by atoms with Crippen molar-refractivity contribution >= 4 is 12.4 Å². The Morgan fingerprint density at radius 3 is 2.57 bits per heavy atom. The lowest BCUT2D eigenvalue weighted by Gasteiger charge is -2.39. The Hall–Kier alpha value is -0.640. The maximum Gasteiger partial charge on any atom is 0.128 e. The summed E-state index contributed by atoms with van der Waals surface area (Å²) in [5, 5.41) is 3.06. The standard InChI is InChI=1S/C10H13FN2.ClH/c1-7-2-3-9(11)8(4-7)10(12)5-13-6-10;/h2-4,13H,5-6,12H2,1H3;1H. The Labute approximate surface area is 89.1 Å². The molecule has 1 aromatic carbocycles. The minimum absolute atomic E-state index is 0. The first kappa shape index (κ1) is 11.4. The predicted molar refractivity (Wildman–Crippen MR) is 57.1 cm³/mol. The van der Waals surface area contributed by atoms with E-state index in [-0.39, 0.29) is 18.2 Å². The second-order valence-corrected chi connectivity index (χ2v) is 3.74. The van der Waals surface area contributed by atoms with E-state index in [9.17, 15) is 4.39 Å². The first-order valence-electron chi connectivity index (χ1n) is 4.38. The lowest BCUT2D eigenvalue weighted by molar-refractivity contribution is 0.277. The zero-order chi connectivity index (χ0) is 9.47. The van der Waals surface area contributed by atoms with Crippen LogP contribution in [0.25, 0.3) is 0 Å². The summed E-state index contributed by atoms with van der Waals surface area (Å²) in [6, 6.07) is 5.07. The molecule has 0 aliphatic carbocycles. The summed E-state index contributed by atoms with van der Waals surface area (Å²) >= 11 is 0. The van der Waals surface area contributed by atoms with E-state index in [2.05, 4.69) is 5.32 Å². The molecule has 1 aromatic rings. The summed E-state index contributed by atoms with van der Waals surface area (Å²) in [6.45, 7) is 3.26. The van der Waals surface area contributed by atoms with Gasteiger partial charge in [0.1, 0.15) is 5.82 Å². The zero-order valence-electron chi connectivity index (χ0n) is 8.01. The number of rotatable bonds is 1. The topological polar surface area (TPSA) is 38.0 Å². The summed E-state index contributed by atoms with van der Waals surface area (Å²) in [6.07, 6.45) is 0. The highest BCUT2D eigenvalue weighted by molar-refractivity contribution is 5.85. The Morgan fingerprint density at radius 1 is 1.43 bits per heavy atom. The monoisotopic (exact) mass is 216 g/mol. The lowest BCUT2D eigenvalue weighted by atomic mass is 9.84. The van der Waals surface area contributed by atoms with Gasteiger partial charge in [0.15, 0.2) is 0 Å². The van der Waals surface area contributed by atoms with Crippen LogP contribution in [0, 0.1) is 12.7 Å². The van der Waals surface area contributed by atoms with E-state index >= 15 is 0 Å². The third kappa shape index (κ3) is 1.75. The van der Waals surface area contributed by atoms with E-state index < -0.39 is 5.54 Å². The largest absolute Gasteiger partial charge is 0.319 e. The molecule has 0 amide bonds. The molecule has 0 unspecified atom stereocenters. The number of hydrogen-bond acceptors (Lipinski definition) is 2. The van der Waals surface area contributed by atoms with Crippen LogP contribution in [0.3, 0.4) is 0 Å². The molecule has 0 radical (unpaired) electrons. The van der Waals surface area contributed by atoms with Gasteiger partial charge < -0.3 is 11.1 Å². The van der Waals surface area contributed by atoms with Gasteiger partial charge >= 0.3 is 0 Å². The Morgan fingerprint density at radius 2 is 2.07 bits per heavy atom. The molecule has 0 spiro atoms. The maximum absolute atomic E-state index is 13.4. The fourth-order valence-corrected chi connectivity index (χ4v) is 1.61. The molecule has 78 valence electrons. The molecular weight excluding hydrogens is 203 g/mol. The molecule has 2 nitrogen and oxygen atoms in total. The molecule has 0 bridgehead atoms. The predicted octanol–water partition coefficient (Wildman–Crippen LogP) is 1.31. The van der Waals surface area contributed by atoms with Crippen LogP contribution in [0.15, 0.2) is 18.2 Å². The summed E-state index contributed by atoms with van der Waals surface area (Å²) in [5.74, 6) is -0.199. The average molecular weight is 217 g/mol. The molecule has 1 heterocycles. The average Bonchev–Trinajstić information content (AvgIpc) is 2.05. The molecule has 0 saturated carbocycles. The molecule has 3 N–H and O–H groups in total. The Kier molecular flexibility index (Phi) is 3.14. The normalized spacial score (nSPS) is 18.2. The number of benzene rings is 1. The number of aryl methyl sites for hydroxylation is 1. The Bertz CT molecular complexity index is 337. The van der Waals surface area contributed by atoms with Crippen molar-refractivity contribution in [3.8, 4) is 0 Å². The van der Waals surface area contributed by atoms with E-state index in [1.54, 1.807) is 6.07 Å². The highest BCUT2D eigenvalue weighted by Crippen LogP contribution is 2.25. The van der Waals surface area contributed by atoms with Gasteiger partial charge in [-0.15, -0.1) is 12.4 Å². The van der Waals surface area contributed by atoms with Crippen LogP contribution in [0.2, 0.25) is 0 Å². The van der Waals surface area contributed by atoms with Gasteiger partial charge in [-0.2, -0.15) is 0 Å². The highest BCUT2D eigenvalue weighted by atomic mass is 35.5. The second-order valence-electron chi connectivity index (χ2n) is 3.74. The maximum atomic E-state index is 13.4. The van der Waals surface area contributed by atoms with E-state index in [0.717, 1.165) is 5.56 Å². The van der Waals surface area contributed by atoms with Crippen LogP contribution in [-0.2, 0) is 5.54 Å². The summed E-state index contributed by atoms with van der Waals surface area (Å²) in [5.41, 5.74) is 7.18. The molecule has 1 fully saturated rings. The van der Waals surface area contributed by atoms with E-state index in [0.29, 0.717) is 18.7 Å². The highest BCUT2D eigenvalue weighted by Gasteiger charge is 2.36. The van der Waals surface area contributed by atoms with Gasteiger partial charge in [-0.3, -0.25) is 0 Å². The molecule has 4 heteroatoms. The van der Waals surface area contributed by atoms with Crippen LogP contribution in [0.1, 0.15) is 11.1 Å². The molecule has 1 aliphatic rings. The first-order valence-corrected chi connectivity index (χ1v) is 4.38.